The molecule has 69 heavy (non-hydrogen) atoms. The Morgan fingerprint density at radius 1 is 0.304 bits per heavy atom. The second-order valence-corrected chi connectivity index (χ2v) is 18.3. The summed E-state index contributed by atoms with van der Waals surface area (Å²) in [4.78, 5) is 2.43. The predicted octanol–water partition coefficient (Wildman–Crippen LogP) is 18.1. The fourth-order valence-electron chi connectivity index (χ4n) is 11.8. The topological polar surface area (TPSA) is 16.4 Å². The number of rotatable bonds is 7. The highest BCUT2D eigenvalue weighted by atomic mass is 16.3. The first kappa shape index (κ1) is 39.2. The maximum atomic E-state index is 6.85. The van der Waals surface area contributed by atoms with Gasteiger partial charge in [0, 0.05) is 33.3 Å². The molecule has 0 fully saturated rings. The minimum absolute atomic E-state index is 0.560. The van der Waals surface area contributed by atoms with Crippen LogP contribution < -0.4 is 4.90 Å². The monoisotopic (exact) mass is 877 g/mol. The van der Waals surface area contributed by atoms with Crippen LogP contribution in [0.3, 0.4) is 0 Å². The third-order valence-corrected chi connectivity index (χ3v) is 14.7. The van der Waals surface area contributed by atoms with Gasteiger partial charge in [0.15, 0.2) is 0 Å². The smallest absolute Gasteiger partial charge is 0.143 e. The highest BCUT2D eigenvalue weighted by molar-refractivity contribution is 6.13. The average molecular weight is 878 g/mol. The second-order valence-electron chi connectivity index (χ2n) is 18.3. The molecule has 2 heteroatoms. The molecule has 1 unspecified atom stereocenters. The summed E-state index contributed by atoms with van der Waals surface area (Å²) in [5, 5.41) is 2.29. The molecule has 12 aromatic rings. The molecule has 1 heterocycles. The molecule has 0 amide bonds. The van der Waals surface area contributed by atoms with Gasteiger partial charge in [-0.25, -0.2) is 0 Å². The lowest BCUT2D eigenvalue weighted by Gasteiger charge is -2.32. The Morgan fingerprint density at radius 3 is 1.61 bits per heavy atom. The van der Waals surface area contributed by atoms with Crippen LogP contribution >= 0.6 is 0 Å². The maximum Gasteiger partial charge on any atom is 0.143 e. The quantitative estimate of drug-likeness (QED) is 0.159. The molecule has 11 aromatic carbocycles. The van der Waals surface area contributed by atoms with E-state index in [1.165, 1.54) is 77.9 Å². The van der Waals surface area contributed by atoms with Crippen LogP contribution in [-0.2, 0) is 5.41 Å². The molecule has 0 radical (unpaired) electrons. The third kappa shape index (κ3) is 5.92. The predicted molar refractivity (Wildman–Crippen MR) is 286 cm³/mol. The van der Waals surface area contributed by atoms with Gasteiger partial charge in [-0.3, -0.25) is 0 Å². The number of para-hydroxylation sites is 1. The first-order chi connectivity index (χ1) is 34.2. The fraction of sp³-hybridized carbons (Fsp3) is 0.0149. The van der Waals surface area contributed by atoms with Crippen molar-refractivity contribution in [1.29, 1.82) is 0 Å². The van der Waals surface area contributed by atoms with Crippen molar-refractivity contribution in [3.8, 4) is 66.8 Å². The SMILES string of the molecule is c1ccc(-c2cccc(N(c3ccc(-c4cccc5c4C4(c6ccccc6-5)c5ccccc5-c5c4ccc4c5oc5ccccc54)cc3)c3ccc(-c4ccccc4)cc3-c3ccccc3)c2)cc1. The van der Waals surface area contributed by atoms with Crippen LogP contribution in [0.15, 0.2) is 265 Å². The van der Waals surface area contributed by atoms with Crippen LogP contribution in [0, 0.1) is 0 Å². The van der Waals surface area contributed by atoms with E-state index in [-0.39, 0.29) is 0 Å². The van der Waals surface area contributed by atoms with E-state index in [9.17, 15) is 0 Å². The van der Waals surface area contributed by atoms with Gasteiger partial charge in [-0.2, -0.15) is 0 Å². The highest BCUT2D eigenvalue weighted by Crippen LogP contribution is 2.65. The van der Waals surface area contributed by atoms with Gasteiger partial charge in [-0.05, 0) is 120 Å². The zero-order valence-electron chi connectivity index (χ0n) is 37.7. The van der Waals surface area contributed by atoms with Crippen LogP contribution in [0.2, 0.25) is 0 Å². The summed E-state index contributed by atoms with van der Waals surface area (Å²) in [5.74, 6) is 0. The van der Waals surface area contributed by atoms with Crippen molar-refractivity contribution < 1.29 is 4.42 Å². The average Bonchev–Trinajstić information content (AvgIpc) is 4.06. The third-order valence-electron chi connectivity index (χ3n) is 14.7. The van der Waals surface area contributed by atoms with Gasteiger partial charge in [0.05, 0.1) is 11.1 Å². The normalized spacial score (nSPS) is 14.1. The zero-order chi connectivity index (χ0) is 45.5. The molecule has 0 bridgehead atoms. The molecular weight excluding hydrogens is 835 g/mol. The van der Waals surface area contributed by atoms with Crippen LogP contribution in [0.25, 0.3) is 88.7 Å². The minimum Gasteiger partial charge on any atom is -0.455 e. The summed E-state index contributed by atoms with van der Waals surface area (Å²) in [6.07, 6.45) is 0. The molecule has 0 N–H and O–H groups in total. The number of nitrogens with zero attached hydrogens (tertiary/aromatic N) is 1. The van der Waals surface area contributed by atoms with Crippen molar-refractivity contribution in [1.82, 2.24) is 0 Å². The van der Waals surface area contributed by atoms with E-state index in [1.54, 1.807) is 0 Å². The van der Waals surface area contributed by atoms with Gasteiger partial charge in [0.2, 0.25) is 0 Å². The van der Waals surface area contributed by atoms with Crippen molar-refractivity contribution in [3.63, 3.8) is 0 Å². The summed E-state index contributed by atoms with van der Waals surface area (Å²) in [6, 6.07) is 95.4. The van der Waals surface area contributed by atoms with E-state index in [0.717, 1.165) is 50.1 Å². The molecule has 1 aromatic heterocycles. The van der Waals surface area contributed by atoms with Gasteiger partial charge < -0.3 is 9.32 Å². The van der Waals surface area contributed by atoms with Crippen LogP contribution in [0.1, 0.15) is 22.3 Å². The fourth-order valence-corrected chi connectivity index (χ4v) is 11.8. The number of furan rings is 1. The molecule has 0 aliphatic heterocycles. The summed E-state index contributed by atoms with van der Waals surface area (Å²) in [5.41, 5.74) is 24.1. The lowest BCUT2D eigenvalue weighted by Crippen LogP contribution is -2.26. The summed E-state index contributed by atoms with van der Waals surface area (Å²) in [6.45, 7) is 0. The van der Waals surface area contributed by atoms with Crippen molar-refractivity contribution in [2.75, 3.05) is 4.90 Å². The van der Waals surface area contributed by atoms with Crippen molar-refractivity contribution in [2.45, 2.75) is 5.41 Å². The van der Waals surface area contributed by atoms with Crippen LogP contribution in [0.4, 0.5) is 17.1 Å². The molecule has 322 valence electrons. The van der Waals surface area contributed by atoms with E-state index in [2.05, 4.69) is 266 Å². The Hall–Kier alpha value is -8.98. The molecule has 1 spiro atoms. The number of hydrogen-bond acceptors (Lipinski definition) is 2. The molecule has 0 saturated heterocycles. The Labute approximate surface area is 401 Å². The van der Waals surface area contributed by atoms with Gasteiger partial charge in [-0.1, -0.05) is 218 Å². The molecule has 2 aliphatic rings. The largest absolute Gasteiger partial charge is 0.455 e. The Kier molecular flexibility index (Phi) is 8.84. The van der Waals surface area contributed by atoms with Gasteiger partial charge in [0.1, 0.15) is 11.2 Å². The van der Waals surface area contributed by atoms with E-state index in [1.807, 2.05) is 0 Å². The molecule has 0 saturated carbocycles. The van der Waals surface area contributed by atoms with E-state index >= 15 is 0 Å². The molecule has 1 atom stereocenters. The summed E-state index contributed by atoms with van der Waals surface area (Å²) in [7, 11) is 0. The van der Waals surface area contributed by atoms with Crippen molar-refractivity contribution in [2.24, 2.45) is 0 Å². The lowest BCUT2D eigenvalue weighted by atomic mass is 9.68. The summed E-state index contributed by atoms with van der Waals surface area (Å²) >= 11 is 0. The van der Waals surface area contributed by atoms with E-state index < -0.39 is 5.41 Å². The maximum absolute atomic E-state index is 6.85. The van der Waals surface area contributed by atoms with Crippen molar-refractivity contribution in [3.05, 3.63) is 283 Å². The first-order valence-corrected chi connectivity index (χ1v) is 23.8. The number of hydrogen-bond donors (Lipinski definition) is 0. The summed E-state index contributed by atoms with van der Waals surface area (Å²) < 4.78 is 6.85. The zero-order valence-corrected chi connectivity index (χ0v) is 37.7. The lowest BCUT2D eigenvalue weighted by molar-refractivity contribution is 0.669. The standard InChI is InChI=1S/C67H43NO/c1-4-18-44(19-5-1)48-24-16-25-51(42-48)68(62-41-36-49(45-20-6-2-7-21-45)43-58(62)46-22-8-3-9-23-46)50-37-34-47(35-38-50)52-29-17-30-55-53-26-10-13-31-59(53)67(65(52)55)60-32-14-11-28-57(60)64-61(67)40-39-56-54-27-12-15-33-63(54)69-66(56)64/h1-43H. The molecule has 14 rings (SSSR count). The Morgan fingerprint density at radius 2 is 0.855 bits per heavy atom. The highest BCUT2D eigenvalue weighted by Gasteiger charge is 2.53. The first-order valence-electron chi connectivity index (χ1n) is 23.8. The number of fused-ring (bicyclic) bond motifs is 14. The van der Waals surface area contributed by atoms with E-state index in [0.29, 0.717) is 0 Å². The Bertz CT molecular complexity index is 3940. The minimum atomic E-state index is -0.560. The van der Waals surface area contributed by atoms with Crippen molar-refractivity contribution >= 4 is 39.0 Å². The van der Waals surface area contributed by atoms with Gasteiger partial charge in [-0.15, -0.1) is 0 Å². The van der Waals surface area contributed by atoms with E-state index in [4.69, 9.17) is 4.42 Å². The van der Waals surface area contributed by atoms with Crippen LogP contribution in [0.5, 0.6) is 0 Å². The van der Waals surface area contributed by atoms with Gasteiger partial charge >= 0.3 is 0 Å². The molecule has 2 nitrogen and oxygen atoms in total. The van der Waals surface area contributed by atoms with Gasteiger partial charge in [0.25, 0.3) is 0 Å². The Balaban J connectivity index is 0.975. The molecular formula is C67H43NO. The second kappa shape index (κ2) is 15.6. The van der Waals surface area contributed by atoms with Crippen LogP contribution in [-0.4, -0.2) is 0 Å². The molecule has 2 aliphatic carbocycles. The number of anilines is 3. The number of benzene rings is 11.